The molecular weight excluding hydrogens is 394 g/mol. The lowest BCUT2D eigenvalue weighted by molar-refractivity contribution is -0.133. The monoisotopic (exact) mass is 423 g/mol. The molecule has 2 fully saturated rings. The molecule has 3 heterocycles. The molecule has 7 heteroatoms. The van der Waals surface area contributed by atoms with Gasteiger partial charge in [0.15, 0.2) is 0 Å². The van der Waals surface area contributed by atoms with Crippen LogP contribution in [0.25, 0.3) is 0 Å². The van der Waals surface area contributed by atoms with Crippen LogP contribution in [0.1, 0.15) is 40.7 Å². The number of likely N-dealkylation sites (tertiary alicyclic amines) is 2. The van der Waals surface area contributed by atoms with Gasteiger partial charge < -0.3 is 19.3 Å². The van der Waals surface area contributed by atoms with Crippen LogP contribution in [0.3, 0.4) is 0 Å². The summed E-state index contributed by atoms with van der Waals surface area (Å²) in [4.78, 5) is 34.3. The Morgan fingerprint density at radius 2 is 1.87 bits per heavy atom. The third-order valence-electron chi connectivity index (χ3n) is 6.32. The molecule has 0 N–H and O–H groups in total. The maximum absolute atomic E-state index is 13.3. The van der Waals surface area contributed by atoms with Gasteiger partial charge in [-0.05, 0) is 37.3 Å². The summed E-state index contributed by atoms with van der Waals surface area (Å²) in [7, 11) is 3.02. The number of hydrogen-bond donors (Lipinski definition) is 0. The van der Waals surface area contributed by atoms with E-state index in [1.807, 2.05) is 9.80 Å². The summed E-state index contributed by atoms with van der Waals surface area (Å²) in [5.41, 5.74) is 2.73. The van der Waals surface area contributed by atoms with Crippen LogP contribution in [0.4, 0.5) is 0 Å². The van der Waals surface area contributed by atoms with E-state index >= 15 is 0 Å². The van der Waals surface area contributed by atoms with Crippen LogP contribution in [-0.4, -0.2) is 59.9 Å². The minimum atomic E-state index is -0.122. The zero-order valence-electron chi connectivity index (χ0n) is 18.3. The van der Waals surface area contributed by atoms with Gasteiger partial charge in [-0.25, -0.2) is 0 Å². The van der Waals surface area contributed by atoms with Crippen molar-refractivity contribution in [3.05, 3.63) is 53.1 Å². The van der Waals surface area contributed by atoms with Crippen LogP contribution >= 0.6 is 0 Å². The lowest BCUT2D eigenvalue weighted by atomic mass is 9.98. The molecule has 7 nitrogen and oxygen atoms in total. The molecule has 4 rings (SSSR count). The second-order valence-corrected chi connectivity index (χ2v) is 8.35. The predicted molar refractivity (Wildman–Crippen MR) is 116 cm³/mol. The Kier molecular flexibility index (Phi) is 6.11. The number of carbonyl (C=O) groups excluding carboxylic acids is 2. The SMILES string of the molecule is COc1ccc(C(=O)N2C[C@H]3CCCC(=O)N(Cc4ccc(C)cc4)[C@H]3C2)c(OC)n1. The highest BCUT2D eigenvalue weighted by Gasteiger charge is 2.42. The summed E-state index contributed by atoms with van der Waals surface area (Å²) >= 11 is 0. The van der Waals surface area contributed by atoms with E-state index in [9.17, 15) is 9.59 Å². The van der Waals surface area contributed by atoms with Gasteiger partial charge in [0.1, 0.15) is 5.56 Å². The number of hydrogen-bond acceptors (Lipinski definition) is 5. The largest absolute Gasteiger partial charge is 0.481 e. The molecule has 1 aromatic carbocycles. The molecule has 164 valence electrons. The van der Waals surface area contributed by atoms with E-state index in [-0.39, 0.29) is 29.7 Å². The molecule has 0 radical (unpaired) electrons. The maximum atomic E-state index is 13.3. The van der Waals surface area contributed by atoms with Crippen molar-refractivity contribution >= 4 is 11.8 Å². The maximum Gasteiger partial charge on any atom is 0.259 e. The third kappa shape index (κ3) is 4.36. The number of rotatable bonds is 5. The lowest BCUT2D eigenvalue weighted by Gasteiger charge is -2.30. The zero-order valence-corrected chi connectivity index (χ0v) is 18.3. The fraction of sp³-hybridized carbons (Fsp3) is 0.458. The predicted octanol–water partition coefficient (Wildman–Crippen LogP) is 3.06. The summed E-state index contributed by atoms with van der Waals surface area (Å²) in [5, 5.41) is 0. The molecule has 0 aliphatic carbocycles. The Bertz CT molecular complexity index is 960. The summed E-state index contributed by atoms with van der Waals surface area (Å²) in [6.07, 6.45) is 2.38. The molecule has 2 saturated heterocycles. The third-order valence-corrected chi connectivity index (χ3v) is 6.32. The highest BCUT2D eigenvalue weighted by Crippen LogP contribution is 2.33. The molecular formula is C24H29N3O4. The summed E-state index contributed by atoms with van der Waals surface area (Å²) in [5.74, 6) is 0.978. The molecule has 0 bridgehead atoms. The van der Waals surface area contributed by atoms with E-state index in [2.05, 4.69) is 36.2 Å². The van der Waals surface area contributed by atoms with Crippen molar-refractivity contribution in [2.24, 2.45) is 5.92 Å². The first kappa shape index (κ1) is 21.2. The van der Waals surface area contributed by atoms with Crippen molar-refractivity contribution < 1.29 is 19.1 Å². The Hall–Kier alpha value is -3.09. The smallest absolute Gasteiger partial charge is 0.259 e. The number of ether oxygens (including phenoxy) is 2. The van der Waals surface area contributed by atoms with E-state index in [0.29, 0.717) is 37.5 Å². The van der Waals surface area contributed by atoms with Gasteiger partial charge in [-0.1, -0.05) is 29.8 Å². The fourth-order valence-corrected chi connectivity index (χ4v) is 4.62. The van der Waals surface area contributed by atoms with Gasteiger partial charge in [0.05, 0.1) is 20.3 Å². The standard InChI is InChI=1S/C24H29N3O4/c1-16-7-9-17(10-8-16)13-27-20-15-26(14-18(20)5-4-6-22(27)28)24(29)19-11-12-21(30-2)25-23(19)31-3/h7-12,18,20H,4-6,13-15H2,1-3H3/t18-,20+/m1/s1. The fourth-order valence-electron chi connectivity index (χ4n) is 4.62. The molecule has 0 unspecified atom stereocenters. The van der Waals surface area contributed by atoms with Gasteiger partial charge in [0, 0.05) is 32.1 Å². The van der Waals surface area contributed by atoms with Crippen molar-refractivity contribution in [3.8, 4) is 11.8 Å². The highest BCUT2D eigenvalue weighted by molar-refractivity contribution is 5.96. The molecule has 2 aliphatic rings. The molecule has 1 aromatic heterocycles. The minimum absolute atomic E-state index is 0.0254. The molecule has 2 aliphatic heterocycles. The number of pyridine rings is 1. The van der Waals surface area contributed by atoms with Crippen LogP contribution in [0, 0.1) is 12.8 Å². The number of fused-ring (bicyclic) bond motifs is 1. The Morgan fingerprint density at radius 3 is 2.58 bits per heavy atom. The summed E-state index contributed by atoms with van der Waals surface area (Å²) in [6.45, 7) is 3.79. The van der Waals surface area contributed by atoms with Gasteiger partial charge in [-0.2, -0.15) is 4.98 Å². The van der Waals surface area contributed by atoms with Crippen LogP contribution in [0.2, 0.25) is 0 Å². The van der Waals surface area contributed by atoms with Crippen molar-refractivity contribution in [1.29, 1.82) is 0 Å². The molecule has 31 heavy (non-hydrogen) atoms. The lowest BCUT2D eigenvalue weighted by Crippen LogP contribution is -2.43. The Balaban J connectivity index is 1.55. The molecule has 0 spiro atoms. The van der Waals surface area contributed by atoms with E-state index in [0.717, 1.165) is 18.4 Å². The van der Waals surface area contributed by atoms with Crippen molar-refractivity contribution in [1.82, 2.24) is 14.8 Å². The van der Waals surface area contributed by atoms with Crippen molar-refractivity contribution in [2.75, 3.05) is 27.3 Å². The normalized spacial score (nSPS) is 20.9. The molecule has 2 atom stereocenters. The zero-order chi connectivity index (χ0) is 22.0. The molecule has 2 amide bonds. The van der Waals surface area contributed by atoms with Crippen molar-refractivity contribution in [2.45, 2.75) is 38.8 Å². The second kappa shape index (κ2) is 8.96. The second-order valence-electron chi connectivity index (χ2n) is 8.35. The van der Waals surface area contributed by atoms with Gasteiger partial charge in [-0.3, -0.25) is 9.59 Å². The number of carbonyl (C=O) groups is 2. The van der Waals surface area contributed by atoms with E-state index < -0.39 is 0 Å². The summed E-state index contributed by atoms with van der Waals surface area (Å²) < 4.78 is 10.5. The van der Waals surface area contributed by atoms with Gasteiger partial charge in [0.2, 0.25) is 17.7 Å². The van der Waals surface area contributed by atoms with E-state index in [4.69, 9.17) is 9.47 Å². The van der Waals surface area contributed by atoms with Crippen LogP contribution in [-0.2, 0) is 11.3 Å². The number of aryl methyl sites for hydroxylation is 1. The van der Waals surface area contributed by atoms with Crippen LogP contribution < -0.4 is 9.47 Å². The highest BCUT2D eigenvalue weighted by atomic mass is 16.5. The van der Waals surface area contributed by atoms with E-state index in [1.165, 1.54) is 19.8 Å². The quantitative estimate of drug-likeness (QED) is 0.739. The number of methoxy groups -OCH3 is 2. The number of nitrogens with zero attached hydrogens (tertiary/aromatic N) is 3. The minimum Gasteiger partial charge on any atom is -0.481 e. The number of aromatic nitrogens is 1. The Morgan fingerprint density at radius 1 is 1.10 bits per heavy atom. The van der Waals surface area contributed by atoms with Crippen LogP contribution in [0.5, 0.6) is 11.8 Å². The first-order valence-electron chi connectivity index (χ1n) is 10.7. The summed E-state index contributed by atoms with van der Waals surface area (Å²) in [6, 6.07) is 11.7. The number of benzene rings is 1. The van der Waals surface area contributed by atoms with Crippen LogP contribution in [0.15, 0.2) is 36.4 Å². The van der Waals surface area contributed by atoms with Gasteiger partial charge >= 0.3 is 0 Å². The molecule has 2 aromatic rings. The molecule has 0 saturated carbocycles. The van der Waals surface area contributed by atoms with E-state index in [1.54, 1.807) is 12.1 Å². The number of amides is 2. The van der Waals surface area contributed by atoms with Gasteiger partial charge in [0.25, 0.3) is 5.91 Å². The Labute approximate surface area is 183 Å². The first-order valence-corrected chi connectivity index (χ1v) is 10.7. The first-order chi connectivity index (χ1) is 15.0. The van der Waals surface area contributed by atoms with Crippen molar-refractivity contribution in [3.63, 3.8) is 0 Å². The van der Waals surface area contributed by atoms with Gasteiger partial charge in [-0.15, -0.1) is 0 Å². The topological polar surface area (TPSA) is 72.0 Å². The average Bonchev–Trinajstić information content (AvgIpc) is 3.15. The average molecular weight is 424 g/mol.